The molecule has 1 saturated heterocycles. The van der Waals surface area contributed by atoms with Crippen molar-refractivity contribution in [1.82, 2.24) is 15.2 Å². The maximum atomic E-state index is 5.36. The molecule has 1 aromatic heterocycles. The van der Waals surface area contributed by atoms with Crippen LogP contribution in [0.25, 0.3) is 0 Å². The Morgan fingerprint density at radius 2 is 2.24 bits per heavy atom. The second kappa shape index (κ2) is 7.38. The minimum atomic E-state index is 0.843. The highest BCUT2D eigenvalue weighted by Gasteiger charge is 2.13. The van der Waals surface area contributed by atoms with E-state index in [4.69, 9.17) is 4.74 Å². The van der Waals surface area contributed by atoms with Crippen molar-refractivity contribution in [2.75, 3.05) is 57.8 Å². The zero-order valence-electron chi connectivity index (χ0n) is 12.3. The molecule has 3 rings (SSSR count). The molecule has 2 aliphatic rings. The first-order valence-corrected chi connectivity index (χ1v) is 7.71. The fourth-order valence-corrected chi connectivity index (χ4v) is 2.61. The molecule has 2 N–H and O–H groups in total. The van der Waals surface area contributed by atoms with Crippen LogP contribution in [0.4, 0.5) is 5.82 Å². The fraction of sp³-hybridized carbons (Fsp3) is 0.600. The maximum Gasteiger partial charge on any atom is 0.136 e. The van der Waals surface area contributed by atoms with Crippen molar-refractivity contribution in [2.45, 2.75) is 6.42 Å². The number of pyridine rings is 1. The van der Waals surface area contributed by atoms with Crippen LogP contribution in [0.15, 0.2) is 23.3 Å². The second-order valence-corrected chi connectivity index (χ2v) is 5.29. The molecule has 3 heterocycles. The zero-order chi connectivity index (χ0) is 14.3. The summed E-state index contributed by atoms with van der Waals surface area (Å²) in [6.45, 7) is 7.50. The number of amidine groups is 1. The first-order chi connectivity index (χ1) is 10.4. The lowest BCUT2D eigenvalue weighted by atomic mass is 10.2. The van der Waals surface area contributed by atoms with Gasteiger partial charge in [0.2, 0.25) is 0 Å². The lowest BCUT2D eigenvalue weighted by Gasteiger charge is -2.26. The van der Waals surface area contributed by atoms with E-state index in [1.54, 1.807) is 0 Å². The number of ether oxygens (including phenoxy) is 1. The number of rotatable bonds is 5. The first kappa shape index (κ1) is 14.3. The van der Waals surface area contributed by atoms with E-state index in [0.29, 0.717) is 0 Å². The number of aromatic nitrogens is 1. The smallest absolute Gasteiger partial charge is 0.136 e. The van der Waals surface area contributed by atoms with Gasteiger partial charge in [-0.15, -0.1) is 0 Å². The van der Waals surface area contributed by atoms with Gasteiger partial charge < -0.3 is 15.4 Å². The summed E-state index contributed by atoms with van der Waals surface area (Å²) in [6, 6.07) is 4.03. The summed E-state index contributed by atoms with van der Waals surface area (Å²) in [6.07, 6.45) is 2.92. The van der Waals surface area contributed by atoms with Gasteiger partial charge in [-0.3, -0.25) is 9.89 Å². The number of anilines is 1. The standard InChI is InChI=1S/C15H23N5O/c1-3-13(14-17-5-2-6-18-14)15(16-4-1)19-7-8-20-9-11-21-12-10-20/h1,3-4H,2,5-12H2,(H,16,19)(H,17,18). The average molecular weight is 289 g/mol. The number of hydrogen-bond donors (Lipinski definition) is 2. The van der Waals surface area contributed by atoms with Crippen LogP contribution in [-0.4, -0.2) is 68.2 Å². The second-order valence-electron chi connectivity index (χ2n) is 5.29. The summed E-state index contributed by atoms with van der Waals surface area (Å²) in [5.74, 6) is 1.88. The molecule has 0 aromatic carbocycles. The average Bonchev–Trinajstić information content (AvgIpc) is 2.57. The Morgan fingerprint density at radius 3 is 3.05 bits per heavy atom. The maximum absolute atomic E-state index is 5.36. The molecule has 1 fully saturated rings. The fourth-order valence-electron chi connectivity index (χ4n) is 2.61. The van der Waals surface area contributed by atoms with E-state index in [1.165, 1.54) is 0 Å². The molecular weight excluding hydrogens is 266 g/mol. The molecule has 0 spiro atoms. The number of nitrogens with zero attached hydrogens (tertiary/aromatic N) is 3. The van der Waals surface area contributed by atoms with Crippen molar-refractivity contribution in [2.24, 2.45) is 4.99 Å². The molecule has 2 aliphatic heterocycles. The first-order valence-electron chi connectivity index (χ1n) is 7.71. The van der Waals surface area contributed by atoms with Gasteiger partial charge in [0, 0.05) is 45.5 Å². The summed E-state index contributed by atoms with van der Waals surface area (Å²) in [5.41, 5.74) is 1.07. The quantitative estimate of drug-likeness (QED) is 0.829. The molecule has 1 aromatic rings. The molecule has 0 aliphatic carbocycles. The van der Waals surface area contributed by atoms with Crippen molar-refractivity contribution < 1.29 is 4.74 Å². The third-order valence-corrected chi connectivity index (χ3v) is 3.78. The van der Waals surface area contributed by atoms with Gasteiger partial charge in [-0.25, -0.2) is 4.98 Å². The van der Waals surface area contributed by atoms with E-state index in [0.717, 1.165) is 76.1 Å². The minimum Gasteiger partial charge on any atom is -0.379 e. The highest BCUT2D eigenvalue weighted by Crippen LogP contribution is 2.13. The number of hydrogen-bond acceptors (Lipinski definition) is 6. The van der Waals surface area contributed by atoms with Gasteiger partial charge >= 0.3 is 0 Å². The van der Waals surface area contributed by atoms with E-state index in [-0.39, 0.29) is 0 Å². The molecule has 6 nitrogen and oxygen atoms in total. The third kappa shape index (κ3) is 3.92. The molecule has 0 bridgehead atoms. The number of nitrogens with one attached hydrogen (secondary N) is 2. The van der Waals surface area contributed by atoms with Gasteiger partial charge in [0.05, 0.1) is 18.8 Å². The van der Waals surface area contributed by atoms with Gasteiger partial charge in [0.1, 0.15) is 11.7 Å². The third-order valence-electron chi connectivity index (χ3n) is 3.78. The molecule has 0 saturated carbocycles. The van der Waals surface area contributed by atoms with Crippen molar-refractivity contribution in [3.63, 3.8) is 0 Å². The summed E-state index contributed by atoms with van der Waals surface area (Å²) in [7, 11) is 0. The highest BCUT2D eigenvalue weighted by atomic mass is 16.5. The Morgan fingerprint density at radius 1 is 1.33 bits per heavy atom. The topological polar surface area (TPSA) is 61.8 Å². The summed E-state index contributed by atoms with van der Waals surface area (Å²) < 4.78 is 5.36. The van der Waals surface area contributed by atoms with Gasteiger partial charge in [-0.1, -0.05) is 0 Å². The Hall–Kier alpha value is -1.66. The molecule has 6 heteroatoms. The lowest BCUT2D eigenvalue weighted by Crippen LogP contribution is -2.39. The molecule has 0 atom stereocenters. The Balaban J connectivity index is 1.58. The van der Waals surface area contributed by atoms with Gasteiger partial charge in [-0.05, 0) is 18.6 Å². The van der Waals surface area contributed by atoms with Crippen molar-refractivity contribution in [1.29, 1.82) is 0 Å². The van der Waals surface area contributed by atoms with Crippen molar-refractivity contribution in [3.8, 4) is 0 Å². The number of morpholine rings is 1. The van der Waals surface area contributed by atoms with Crippen LogP contribution in [0.1, 0.15) is 12.0 Å². The van der Waals surface area contributed by atoms with E-state index in [2.05, 4.69) is 31.6 Å². The van der Waals surface area contributed by atoms with E-state index in [1.807, 2.05) is 12.3 Å². The van der Waals surface area contributed by atoms with Crippen LogP contribution in [0.2, 0.25) is 0 Å². The Bertz CT molecular complexity index is 485. The van der Waals surface area contributed by atoms with E-state index < -0.39 is 0 Å². The Labute approximate surface area is 125 Å². The van der Waals surface area contributed by atoms with Crippen molar-refractivity contribution >= 4 is 11.7 Å². The molecular formula is C15H23N5O. The molecule has 0 radical (unpaired) electrons. The van der Waals surface area contributed by atoms with Crippen LogP contribution in [0, 0.1) is 0 Å². The predicted octanol–water partition coefficient (Wildman–Crippen LogP) is 0.566. The highest BCUT2D eigenvalue weighted by molar-refractivity contribution is 6.03. The predicted molar refractivity (Wildman–Crippen MR) is 84.0 cm³/mol. The van der Waals surface area contributed by atoms with Gasteiger partial charge in [0.25, 0.3) is 0 Å². The molecule has 114 valence electrons. The Kier molecular flexibility index (Phi) is 5.02. The minimum absolute atomic E-state index is 0.843. The molecule has 0 unspecified atom stereocenters. The number of aliphatic imine (C=N–C) groups is 1. The summed E-state index contributed by atoms with van der Waals surface area (Å²) >= 11 is 0. The molecule has 21 heavy (non-hydrogen) atoms. The zero-order valence-corrected chi connectivity index (χ0v) is 12.3. The van der Waals surface area contributed by atoms with Crippen LogP contribution >= 0.6 is 0 Å². The SMILES string of the molecule is c1cnc(NCCN2CCOCC2)c(C2=NCCCN2)c1. The van der Waals surface area contributed by atoms with Gasteiger partial charge in [-0.2, -0.15) is 0 Å². The normalized spacial score (nSPS) is 19.7. The van der Waals surface area contributed by atoms with Crippen molar-refractivity contribution in [3.05, 3.63) is 23.9 Å². The monoisotopic (exact) mass is 289 g/mol. The van der Waals surface area contributed by atoms with E-state index >= 15 is 0 Å². The van der Waals surface area contributed by atoms with Crippen LogP contribution in [0.5, 0.6) is 0 Å². The van der Waals surface area contributed by atoms with Crippen LogP contribution < -0.4 is 10.6 Å². The van der Waals surface area contributed by atoms with Crippen LogP contribution in [0.3, 0.4) is 0 Å². The van der Waals surface area contributed by atoms with Crippen LogP contribution in [-0.2, 0) is 4.74 Å². The lowest BCUT2D eigenvalue weighted by molar-refractivity contribution is 0.0398. The summed E-state index contributed by atoms with van der Waals surface area (Å²) in [5, 5.41) is 6.80. The van der Waals surface area contributed by atoms with Gasteiger partial charge in [0.15, 0.2) is 0 Å². The summed E-state index contributed by atoms with van der Waals surface area (Å²) in [4.78, 5) is 11.4. The van der Waals surface area contributed by atoms with E-state index in [9.17, 15) is 0 Å². The largest absolute Gasteiger partial charge is 0.379 e. The molecule has 0 amide bonds.